The predicted molar refractivity (Wildman–Crippen MR) is 101 cm³/mol. The van der Waals surface area contributed by atoms with Crippen LogP contribution in [0.5, 0.6) is 0 Å². The lowest BCUT2D eigenvalue weighted by molar-refractivity contribution is -0.131. The summed E-state index contributed by atoms with van der Waals surface area (Å²) >= 11 is 0. The first-order valence-electron chi connectivity index (χ1n) is 9.45. The van der Waals surface area contributed by atoms with E-state index in [2.05, 4.69) is 13.8 Å². The van der Waals surface area contributed by atoms with E-state index in [0.717, 1.165) is 44.3 Å². The van der Waals surface area contributed by atoms with Crippen molar-refractivity contribution in [2.45, 2.75) is 78.7 Å². The van der Waals surface area contributed by atoms with E-state index in [1.807, 2.05) is 26.8 Å². The molecule has 0 aromatic heterocycles. The largest absolute Gasteiger partial charge is 0.342 e. The van der Waals surface area contributed by atoms with Gasteiger partial charge in [0.2, 0.25) is 12.3 Å². The zero-order chi connectivity index (χ0) is 19.3. The van der Waals surface area contributed by atoms with Gasteiger partial charge in [-0.2, -0.15) is 5.26 Å². The van der Waals surface area contributed by atoms with Gasteiger partial charge in [0.25, 0.3) is 0 Å². The van der Waals surface area contributed by atoms with E-state index in [-0.39, 0.29) is 17.9 Å². The van der Waals surface area contributed by atoms with E-state index in [1.54, 1.807) is 9.80 Å². The molecule has 1 heterocycles. The molecule has 0 aromatic rings. The quantitative estimate of drug-likeness (QED) is 0.401. The van der Waals surface area contributed by atoms with Crippen molar-refractivity contribution in [3.8, 4) is 6.07 Å². The maximum Gasteiger partial charge on any atom is 0.236 e. The van der Waals surface area contributed by atoms with E-state index in [9.17, 15) is 9.59 Å². The van der Waals surface area contributed by atoms with E-state index < -0.39 is 0 Å². The van der Waals surface area contributed by atoms with Crippen molar-refractivity contribution in [3.05, 3.63) is 0 Å². The van der Waals surface area contributed by atoms with E-state index >= 15 is 0 Å². The van der Waals surface area contributed by atoms with Gasteiger partial charge in [0, 0.05) is 26.1 Å². The smallest absolute Gasteiger partial charge is 0.236 e. The zero-order valence-corrected chi connectivity index (χ0v) is 16.5. The maximum atomic E-state index is 11.8. The number of unbranched alkanes of at least 4 members (excludes halogenated alkanes) is 1. The number of likely N-dealkylation sites (tertiary alicyclic amines) is 1. The molecule has 0 atom stereocenters. The summed E-state index contributed by atoms with van der Waals surface area (Å²) in [6.45, 7) is 12.0. The summed E-state index contributed by atoms with van der Waals surface area (Å²) in [5.41, 5.74) is -0.247. The second-order valence-electron chi connectivity index (χ2n) is 6.24. The number of carbonyl (C=O) groups is 2. The lowest BCUT2D eigenvalue weighted by Gasteiger charge is -2.37. The third kappa shape index (κ3) is 7.68. The summed E-state index contributed by atoms with van der Waals surface area (Å²) in [4.78, 5) is 31.4. The van der Waals surface area contributed by atoms with Crippen molar-refractivity contribution < 1.29 is 9.59 Å². The molecule has 0 unspecified atom stereocenters. The van der Waals surface area contributed by atoms with Crippen LogP contribution in [0.1, 0.15) is 73.1 Å². The van der Waals surface area contributed by atoms with Crippen LogP contribution in [0.2, 0.25) is 0 Å². The zero-order valence-electron chi connectivity index (χ0n) is 16.5. The highest BCUT2D eigenvalue weighted by Gasteiger charge is 2.32. The number of carbonyl (C=O) groups excluding carboxylic acids is 2. The molecule has 1 rings (SSSR count). The maximum absolute atomic E-state index is 11.8. The average molecular weight is 351 g/mol. The lowest BCUT2D eigenvalue weighted by Crippen LogP contribution is -2.45. The molecular weight excluding hydrogens is 316 g/mol. The molecular formula is C19H34N4O2. The highest BCUT2D eigenvalue weighted by Crippen LogP contribution is 2.27. The van der Waals surface area contributed by atoms with Gasteiger partial charge in [0.05, 0.1) is 11.6 Å². The molecule has 2 amide bonds. The second kappa shape index (κ2) is 12.5. The van der Waals surface area contributed by atoms with E-state index in [0.29, 0.717) is 19.6 Å². The van der Waals surface area contributed by atoms with Gasteiger partial charge in [-0.25, -0.2) is 0 Å². The second-order valence-corrected chi connectivity index (χ2v) is 6.24. The van der Waals surface area contributed by atoms with Crippen LogP contribution in [0, 0.1) is 11.3 Å². The first-order valence-corrected chi connectivity index (χ1v) is 9.45. The third-order valence-corrected chi connectivity index (χ3v) is 4.38. The molecule has 25 heavy (non-hydrogen) atoms. The first-order chi connectivity index (χ1) is 12.0. The number of piperidine rings is 1. The Morgan fingerprint density at radius 1 is 1.32 bits per heavy atom. The number of hydrogen-bond acceptors (Lipinski definition) is 4. The number of nitrogens with zero attached hydrogens (tertiary/aromatic N) is 4. The number of hydrogen-bond donors (Lipinski definition) is 0. The van der Waals surface area contributed by atoms with Crippen LogP contribution in [0.15, 0.2) is 4.99 Å². The van der Waals surface area contributed by atoms with Crippen LogP contribution >= 0.6 is 0 Å². The monoisotopic (exact) mass is 350 g/mol. The van der Waals surface area contributed by atoms with Crippen LogP contribution in [0.3, 0.4) is 0 Å². The highest BCUT2D eigenvalue weighted by molar-refractivity contribution is 5.91. The normalized spacial score (nSPS) is 16.3. The Morgan fingerprint density at radius 3 is 2.36 bits per heavy atom. The molecule has 0 bridgehead atoms. The Hall–Kier alpha value is -1.90. The third-order valence-electron chi connectivity index (χ3n) is 4.38. The van der Waals surface area contributed by atoms with Crippen LogP contribution in [-0.2, 0) is 9.59 Å². The number of nitriles is 1. The fourth-order valence-electron chi connectivity index (χ4n) is 2.76. The summed E-state index contributed by atoms with van der Waals surface area (Å²) in [6, 6.07) is 1.91. The summed E-state index contributed by atoms with van der Waals surface area (Å²) in [5.74, 6) is 0.747. The molecule has 0 radical (unpaired) electrons. The Bertz CT molecular complexity index is 474. The predicted octanol–water partition coefficient (Wildman–Crippen LogP) is 3.37. The summed E-state index contributed by atoms with van der Waals surface area (Å²) in [5, 5.41) is 8.63. The summed E-state index contributed by atoms with van der Waals surface area (Å²) in [7, 11) is 0. The van der Waals surface area contributed by atoms with Crippen molar-refractivity contribution in [2.75, 3.05) is 19.6 Å². The minimum absolute atomic E-state index is 0.0590. The Balaban J connectivity index is 0.00000277. The van der Waals surface area contributed by atoms with Crippen LogP contribution in [0.4, 0.5) is 0 Å². The van der Waals surface area contributed by atoms with Gasteiger partial charge in [-0.15, -0.1) is 0 Å². The van der Waals surface area contributed by atoms with Gasteiger partial charge in [0.1, 0.15) is 12.3 Å². The van der Waals surface area contributed by atoms with Crippen molar-refractivity contribution in [3.63, 3.8) is 0 Å². The number of amidine groups is 1. The molecule has 6 heteroatoms. The Kier molecular flexibility index (Phi) is 11.5. The first kappa shape index (κ1) is 23.1. The van der Waals surface area contributed by atoms with Crippen LogP contribution < -0.4 is 0 Å². The van der Waals surface area contributed by atoms with Gasteiger partial charge < -0.3 is 9.80 Å². The fourth-order valence-corrected chi connectivity index (χ4v) is 2.76. The molecule has 0 N–H and O–H groups in total. The fraction of sp³-hybridized carbons (Fsp3) is 0.789. The minimum atomic E-state index is -0.247. The van der Waals surface area contributed by atoms with Crippen molar-refractivity contribution in [1.82, 2.24) is 9.80 Å². The number of aliphatic imine (C=N–C) groups is 1. The standard InChI is InChI=1S/C17H28N4O2.C2H6/c1-4-6-7-15(20(5-2)14-22)19-17(3)9-12-21(13-10-17)16(23)8-11-18;1-2/h14H,4-10,12-13H2,1-3H3;1-2H3. The summed E-state index contributed by atoms with van der Waals surface area (Å²) in [6.07, 6.45) is 5.18. The van der Waals surface area contributed by atoms with Gasteiger partial charge in [-0.3, -0.25) is 14.6 Å². The molecule has 1 fully saturated rings. The van der Waals surface area contributed by atoms with Crippen LogP contribution in [-0.4, -0.2) is 53.1 Å². The lowest BCUT2D eigenvalue weighted by atomic mass is 9.90. The van der Waals surface area contributed by atoms with Crippen molar-refractivity contribution in [1.29, 1.82) is 5.26 Å². The van der Waals surface area contributed by atoms with Crippen molar-refractivity contribution in [2.24, 2.45) is 4.99 Å². The van der Waals surface area contributed by atoms with E-state index in [1.165, 1.54) is 0 Å². The minimum Gasteiger partial charge on any atom is -0.342 e. The van der Waals surface area contributed by atoms with Gasteiger partial charge in [0.15, 0.2) is 0 Å². The van der Waals surface area contributed by atoms with E-state index in [4.69, 9.17) is 10.3 Å². The number of rotatable bonds is 7. The number of amides is 2. The SMILES string of the molecule is CC.CCCCC(=NC1(C)CCN(C(=O)CC#N)CC1)N(C=O)CC. The molecule has 0 aliphatic carbocycles. The Morgan fingerprint density at radius 2 is 1.92 bits per heavy atom. The topological polar surface area (TPSA) is 76.8 Å². The van der Waals surface area contributed by atoms with Gasteiger partial charge in [-0.05, 0) is 33.1 Å². The van der Waals surface area contributed by atoms with Gasteiger partial charge in [-0.1, -0.05) is 27.2 Å². The molecule has 0 aromatic carbocycles. The molecule has 1 aliphatic heterocycles. The molecule has 1 saturated heterocycles. The Labute approximate surface area is 152 Å². The highest BCUT2D eigenvalue weighted by atomic mass is 16.2. The molecule has 0 spiro atoms. The molecule has 0 saturated carbocycles. The molecule has 1 aliphatic rings. The molecule has 6 nitrogen and oxygen atoms in total. The molecule has 142 valence electrons. The van der Waals surface area contributed by atoms with Gasteiger partial charge >= 0.3 is 0 Å². The summed E-state index contributed by atoms with van der Waals surface area (Å²) < 4.78 is 0. The van der Waals surface area contributed by atoms with Crippen LogP contribution in [0.25, 0.3) is 0 Å². The average Bonchev–Trinajstić information content (AvgIpc) is 2.63. The van der Waals surface area contributed by atoms with Crippen molar-refractivity contribution >= 4 is 18.2 Å².